The van der Waals surface area contributed by atoms with Crippen molar-refractivity contribution in [2.75, 3.05) is 6.54 Å². The summed E-state index contributed by atoms with van der Waals surface area (Å²) in [5.74, 6) is -0.205. The number of aryl methyl sites for hydroxylation is 1. The number of halogens is 1. The highest BCUT2D eigenvalue weighted by molar-refractivity contribution is 6.30. The third-order valence-electron chi connectivity index (χ3n) is 4.42. The number of hydrogen-bond acceptors (Lipinski definition) is 2. The quantitative estimate of drug-likeness (QED) is 0.741. The van der Waals surface area contributed by atoms with E-state index in [1.54, 1.807) is 17.0 Å². The molecule has 5 heteroatoms. The number of carbonyl (C=O) groups is 2. The zero-order chi connectivity index (χ0) is 19.8. The number of hydrogen-bond donors (Lipinski definition) is 1. The third kappa shape index (κ3) is 6.10. The van der Waals surface area contributed by atoms with Gasteiger partial charge in [0.15, 0.2) is 0 Å². The average Bonchev–Trinajstić information content (AvgIpc) is 2.62. The van der Waals surface area contributed by atoms with E-state index in [2.05, 4.69) is 5.32 Å². The molecule has 2 aromatic rings. The fourth-order valence-corrected chi connectivity index (χ4v) is 3.35. The lowest BCUT2D eigenvalue weighted by Crippen LogP contribution is -2.49. The number of nitrogens with zero attached hydrogens (tertiary/aromatic N) is 1. The molecule has 0 aliphatic heterocycles. The second-order valence-corrected chi connectivity index (χ2v) is 7.07. The number of rotatable bonds is 8. The van der Waals surface area contributed by atoms with Crippen LogP contribution in [0, 0.1) is 6.92 Å². The minimum Gasteiger partial charge on any atom is -0.355 e. The van der Waals surface area contributed by atoms with Gasteiger partial charge in [0.1, 0.15) is 6.04 Å². The maximum absolute atomic E-state index is 13.1. The number of benzene rings is 2. The van der Waals surface area contributed by atoms with Crippen molar-refractivity contribution in [3.63, 3.8) is 0 Å². The van der Waals surface area contributed by atoms with Crippen LogP contribution in [0.2, 0.25) is 5.02 Å². The topological polar surface area (TPSA) is 49.4 Å². The number of likely N-dealkylation sites (N-methyl/N-ethyl adjacent to an activating group) is 1. The van der Waals surface area contributed by atoms with Crippen molar-refractivity contribution in [1.29, 1.82) is 0 Å². The molecule has 4 nitrogen and oxygen atoms in total. The van der Waals surface area contributed by atoms with Crippen LogP contribution in [0.1, 0.15) is 37.0 Å². The van der Waals surface area contributed by atoms with Crippen LogP contribution in [0.25, 0.3) is 0 Å². The van der Waals surface area contributed by atoms with E-state index < -0.39 is 6.04 Å². The Morgan fingerprint density at radius 1 is 1.07 bits per heavy atom. The van der Waals surface area contributed by atoms with Crippen molar-refractivity contribution < 1.29 is 9.59 Å². The molecule has 2 rings (SSSR count). The fourth-order valence-electron chi connectivity index (χ4n) is 3.14. The van der Waals surface area contributed by atoms with Crippen molar-refractivity contribution >= 4 is 23.4 Å². The Kier molecular flexibility index (Phi) is 7.86. The van der Waals surface area contributed by atoms with Crippen LogP contribution < -0.4 is 5.32 Å². The number of nitrogens with one attached hydrogen (secondary N) is 1. The summed E-state index contributed by atoms with van der Waals surface area (Å²) in [6.45, 7) is 6.76. The van der Waals surface area contributed by atoms with Gasteiger partial charge in [0.2, 0.25) is 11.8 Å². The first kappa shape index (κ1) is 21.0. The minimum atomic E-state index is -0.503. The number of amides is 2. The Hall–Kier alpha value is -2.33. The maximum Gasteiger partial charge on any atom is 0.242 e. The van der Waals surface area contributed by atoms with E-state index in [9.17, 15) is 9.59 Å². The van der Waals surface area contributed by atoms with E-state index in [0.717, 1.165) is 16.7 Å². The summed E-state index contributed by atoms with van der Waals surface area (Å²) < 4.78 is 0. The van der Waals surface area contributed by atoms with Gasteiger partial charge < -0.3 is 10.2 Å². The molecular weight excluding hydrogens is 360 g/mol. The van der Waals surface area contributed by atoms with E-state index in [1.165, 1.54) is 0 Å². The molecule has 27 heavy (non-hydrogen) atoms. The monoisotopic (exact) mass is 386 g/mol. The molecule has 0 saturated heterocycles. The SMILES string of the molecule is CCNC(=O)[C@@H](CC)N(Cc1cccc(C)c1)C(=O)Cc1cccc(Cl)c1. The van der Waals surface area contributed by atoms with Gasteiger partial charge in [-0.15, -0.1) is 0 Å². The van der Waals surface area contributed by atoms with Gasteiger partial charge in [-0.05, 0) is 43.5 Å². The Balaban J connectivity index is 2.29. The first-order chi connectivity index (χ1) is 12.9. The van der Waals surface area contributed by atoms with E-state index in [-0.39, 0.29) is 18.2 Å². The summed E-state index contributed by atoms with van der Waals surface area (Å²) >= 11 is 6.05. The molecule has 0 saturated carbocycles. The average molecular weight is 387 g/mol. The summed E-state index contributed by atoms with van der Waals surface area (Å²) in [4.78, 5) is 27.4. The Labute approximate surface area is 166 Å². The predicted octanol–water partition coefficient (Wildman–Crippen LogP) is 4.13. The van der Waals surface area contributed by atoms with Gasteiger partial charge in [0, 0.05) is 18.1 Å². The van der Waals surface area contributed by atoms with Gasteiger partial charge >= 0.3 is 0 Å². The first-order valence-corrected chi connectivity index (χ1v) is 9.69. The van der Waals surface area contributed by atoms with Crippen LogP contribution >= 0.6 is 11.6 Å². The molecule has 0 bridgehead atoms. The molecule has 1 N–H and O–H groups in total. The van der Waals surface area contributed by atoms with Gasteiger partial charge in [0.05, 0.1) is 6.42 Å². The van der Waals surface area contributed by atoms with Crippen LogP contribution in [-0.4, -0.2) is 29.3 Å². The number of carbonyl (C=O) groups excluding carboxylic acids is 2. The first-order valence-electron chi connectivity index (χ1n) is 9.31. The van der Waals surface area contributed by atoms with E-state index in [0.29, 0.717) is 24.5 Å². The van der Waals surface area contributed by atoms with E-state index >= 15 is 0 Å². The van der Waals surface area contributed by atoms with Crippen molar-refractivity contribution in [3.05, 3.63) is 70.2 Å². The summed E-state index contributed by atoms with van der Waals surface area (Å²) in [6.07, 6.45) is 0.765. The standard InChI is InChI=1S/C22H27ClN2O2/c1-4-20(22(27)24-5-2)25(15-18-10-6-8-16(3)12-18)21(26)14-17-9-7-11-19(23)13-17/h6-13,20H,4-5,14-15H2,1-3H3,(H,24,27)/t20-/m1/s1. The second kappa shape index (κ2) is 10.1. The fraction of sp³-hybridized carbons (Fsp3) is 0.364. The molecule has 0 aliphatic rings. The summed E-state index contributed by atoms with van der Waals surface area (Å²) in [6, 6.07) is 14.8. The van der Waals surface area contributed by atoms with Gasteiger partial charge in [-0.3, -0.25) is 9.59 Å². The lowest BCUT2D eigenvalue weighted by Gasteiger charge is -2.30. The van der Waals surface area contributed by atoms with Crippen molar-refractivity contribution in [2.45, 2.75) is 46.2 Å². The molecule has 0 heterocycles. The zero-order valence-corrected chi connectivity index (χ0v) is 16.9. The molecule has 0 spiro atoms. The highest BCUT2D eigenvalue weighted by Gasteiger charge is 2.28. The molecule has 0 aliphatic carbocycles. The Morgan fingerprint density at radius 2 is 1.78 bits per heavy atom. The van der Waals surface area contributed by atoms with Crippen LogP contribution in [0.15, 0.2) is 48.5 Å². The summed E-state index contributed by atoms with van der Waals surface area (Å²) in [5, 5.41) is 3.45. The Morgan fingerprint density at radius 3 is 2.41 bits per heavy atom. The van der Waals surface area contributed by atoms with Crippen molar-refractivity contribution in [3.8, 4) is 0 Å². The Bertz CT molecular complexity index is 791. The van der Waals surface area contributed by atoms with Crippen molar-refractivity contribution in [1.82, 2.24) is 10.2 Å². The molecule has 2 aromatic carbocycles. The van der Waals surface area contributed by atoms with Crippen LogP contribution in [0.4, 0.5) is 0 Å². The van der Waals surface area contributed by atoms with Crippen LogP contribution in [-0.2, 0) is 22.6 Å². The van der Waals surface area contributed by atoms with Gasteiger partial charge in [0.25, 0.3) is 0 Å². The lowest BCUT2D eigenvalue weighted by atomic mass is 10.1. The highest BCUT2D eigenvalue weighted by Crippen LogP contribution is 2.17. The molecule has 144 valence electrons. The molecule has 1 atom stereocenters. The molecule has 2 amide bonds. The van der Waals surface area contributed by atoms with Crippen LogP contribution in [0.3, 0.4) is 0 Å². The molecular formula is C22H27ClN2O2. The molecule has 0 radical (unpaired) electrons. The lowest BCUT2D eigenvalue weighted by molar-refractivity contribution is -0.140. The summed E-state index contributed by atoms with van der Waals surface area (Å²) in [7, 11) is 0. The zero-order valence-electron chi connectivity index (χ0n) is 16.2. The highest BCUT2D eigenvalue weighted by atomic mass is 35.5. The molecule has 0 fully saturated rings. The third-order valence-corrected chi connectivity index (χ3v) is 4.65. The predicted molar refractivity (Wildman–Crippen MR) is 110 cm³/mol. The smallest absolute Gasteiger partial charge is 0.242 e. The van der Waals surface area contributed by atoms with Gasteiger partial charge in [-0.1, -0.05) is 60.5 Å². The van der Waals surface area contributed by atoms with Crippen molar-refractivity contribution in [2.24, 2.45) is 0 Å². The normalized spacial score (nSPS) is 11.7. The summed E-state index contributed by atoms with van der Waals surface area (Å²) in [5.41, 5.74) is 2.98. The van der Waals surface area contributed by atoms with Crippen LogP contribution in [0.5, 0.6) is 0 Å². The second-order valence-electron chi connectivity index (χ2n) is 6.64. The maximum atomic E-state index is 13.1. The van der Waals surface area contributed by atoms with Gasteiger partial charge in [-0.25, -0.2) is 0 Å². The largest absolute Gasteiger partial charge is 0.355 e. The van der Waals surface area contributed by atoms with Gasteiger partial charge in [-0.2, -0.15) is 0 Å². The minimum absolute atomic E-state index is 0.0862. The molecule has 0 aromatic heterocycles. The van der Waals surface area contributed by atoms with E-state index in [1.807, 2.05) is 57.2 Å². The van der Waals surface area contributed by atoms with E-state index in [4.69, 9.17) is 11.6 Å². The molecule has 0 unspecified atom stereocenters.